The zero-order valence-electron chi connectivity index (χ0n) is 17.7. The summed E-state index contributed by atoms with van der Waals surface area (Å²) in [6, 6.07) is 16.1. The van der Waals surface area contributed by atoms with Crippen LogP contribution in [0.1, 0.15) is 37.7 Å². The highest BCUT2D eigenvalue weighted by atomic mass is 35.5. The number of aromatic nitrogens is 1. The molecule has 0 atom stereocenters. The second-order valence-electron chi connectivity index (χ2n) is 8.21. The fourth-order valence-corrected chi connectivity index (χ4v) is 6.01. The number of rotatable bonds is 7. The van der Waals surface area contributed by atoms with E-state index in [1.54, 1.807) is 18.3 Å². The average molecular weight is 472 g/mol. The normalized spacial score (nSPS) is 16.0. The van der Waals surface area contributed by atoms with Crippen LogP contribution in [-0.4, -0.2) is 31.4 Å². The maximum atomic E-state index is 13.4. The molecule has 1 aliphatic carbocycles. The van der Waals surface area contributed by atoms with Gasteiger partial charge in [-0.15, -0.1) is 0 Å². The summed E-state index contributed by atoms with van der Waals surface area (Å²) in [5.41, 5.74) is 0.292. The number of hydrogen-bond acceptors (Lipinski definition) is 4. The van der Waals surface area contributed by atoms with Gasteiger partial charge in [-0.05, 0) is 49.1 Å². The van der Waals surface area contributed by atoms with E-state index in [2.05, 4.69) is 15.0 Å². The van der Waals surface area contributed by atoms with Gasteiger partial charge in [-0.3, -0.25) is 9.78 Å². The number of para-hydroxylation sites is 1. The van der Waals surface area contributed by atoms with Gasteiger partial charge in [0.2, 0.25) is 15.9 Å². The van der Waals surface area contributed by atoms with Crippen LogP contribution in [0.3, 0.4) is 0 Å². The van der Waals surface area contributed by atoms with Crippen molar-refractivity contribution in [2.24, 2.45) is 0 Å². The van der Waals surface area contributed by atoms with Crippen LogP contribution in [-0.2, 0) is 21.2 Å². The molecule has 4 rings (SSSR count). The van der Waals surface area contributed by atoms with Crippen molar-refractivity contribution >= 4 is 38.4 Å². The number of carbonyl (C=O) groups excluding carboxylic acids is 1. The number of hydrogen-bond donors (Lipinski definition) is 2. The first-order chi connectivity index (χ1) is 15.4. The third kappa shape index (κ3) is 4.95. The number of halogens is 1. The fraction of sp³-hybridized carbons (Fsp3) is 0.333. The van der Waals surface area contributed by atoms with Crippen molar-refractivity contribution in [2.75, 3.05) is 6.54 Å². The molecule has 0 bridgehead atoms. The van der Waals surface area contributed by atoms with Gasteiger partial charge in [0.05, 0.1) is 5.52 Å². The van der Waals surface area contributed by atoms with Crippen LogP contribution in [0.2, 0.25) is 5.02 Å². The van der Waals surface area contributed by atoms with E-state index >= 15 is 0 Å². The lowest BCUT2D eigenvalue weighted by molar-refractivity contribution is -0.128. The fourth-order valence-electron chi connectivity index (χ4n) is 4.28. The lowest BCUT2D eigenvalue weighted by Crippen LogP contribution is -2.59. The van der Waals surface area contributed by atoms with Gasteiger partial charge in [0.1, 0.15) is 10.4 Å². The number of sulfonamides is 1. The van der Waals surface area contributed by atoms with Gasteiger partial charge in [-0.1, -0.05) is 61.2 Å². The molecule has 1 aliphatic rings. The molecule has 0 saturated heterocycles. The minimum atomic E-state index is -3.96. The summed E-state index contributed by atoms with van der Waals surface area (Å²) in [6.07, 6.45) is 5.72. The maximum absolute atomic E-state index is 13.4. The monoisotopic (exact) mass is 471 g/mol. The minimum Gasteiger partial charge on any atom is -0.354 e. The van der Waals surface area contributed by atoms with Crippen LogP contribution in [0.4, 0.5) is 0 Å². The van der Waals surface area contributed by atoms with Gasteiger partial charge in [0.25, 0.3) is 0 Å². The van der Waals surface area contributed by atoms with Gasteiger partial charge in [0.15, 0.2) is 0 Å². The summed E-state index contributed by atoms with van der Waals surface area (Å²) in [5, 5.41) is 4.35. The highest BCUT2D eigenvalue weighted by molar-refractivity contribution is 7.89. The molecule has 32 heavy (non-hydrogen) atoms. The zero-order chi connectivity index (χ0) is 22.6. The topological polar surface area (TPSA) is 88.2 Å². The van der Waals surface area contributed by atoms with E-state index < -0.39 is 15.6 Å². The van der Waals surface area contributed by atoms with Crippen LogP contribution >= 0.6 is 11.6 Å². The van der Waals surface area contributed by atoms with E-state index in [-0.39, 0.29) is 10.8 Å². The quantitative estimate of drug-likeness (QED) is 0.539. The Morgan fingerprint density at radius 1 is 1.00 bits per heavy atom. The molecule has 0 radical (unpaired) electrons. The van der Waals surface area contributed by atoms with E-state index in [0.29, 0.717) is 36.3 Å². The van der Waals surface area contributed by atoms with Gasteiger partial charge in [-0.25, -0.2) is 8.42 Å². The van der Waals surface area contributed by atoms with E-state index in [1.165, 1.54) is 6.07 Å². The Kier molecular flexibility index (Phi) is 6.79. The minimum absolute atomic E-state index is 0.0921. The van der Waals surface area contributed by atoms with Crippen molar-refractivity contribution in [1.29, 1.82) is 0 Å². The number of benzene rings is 2. The number of amides is 1. The highest BCUT2D eigenvalue weighted by Gasteiger charge is 2.43. The van der Waals surface area contributed by atoms with Crippen molar-refractivity contribution in [3.63, 3.8) is 0 Å². The molecular formula is C24H26ClN3O3S. The molecule has 2 N–H and O–H groups in total. The van der Waals surface area contributed by atoms with Gasteiger partial charge in [-0.2, -0.15) is 4.72 Å². The van der Waals surface area contributed by atoms with Gasteiger partial charge in [0, 0.05) is 23.2 Å². The van der Waals surface area contributed by atoms with Crippen LogP contribution in [0, 0.1) is 0 Å². The van der Waals surface area contributed by atoms with Crippen molar-refractivity contribution in [2.45, 2.75) is 49.0 Å². The van der Waals surface area contributed by atoms with Gasteiger partial charge < -0.3 is 5.32 Å². The summed E-state index contributed by atoms with van der Waals surface area (Å²) in [6.45, 7) is 0.416. The van der Waals surface area contributed by atoms with E-state index in [9.17, 15) is 13.2 Å². The Labute approximate surface area is 193 Å². The average Bonchev–Trinajstić information content (AvgIpc) is 2.80. The molecule has 1 saturated carbocycles. The molecule has 168 valence electrons. The molecule has 0 spiro atoms. The zero-order valence-corrected chi connectivity index (χ0v) is 19.3. The van der Waals surface area contributed by atoms with E-state index in [1.807, 2.05) is 36.4 Å². The Morgan fingerprint density at radius 3 is 2.47 bits per heavy atom. The standard InChI is InChI=1S/C24H26ClN3O3S/c25-20-11-9-18(10-12-20)13-17-27-23(29)24(14-2-1-3-15-24)28-32(30,31)21-8-4-6-19-7-5-16-26-22(19)21/h4-12,16,28H,1-3,13-15,17H2,(H,27,29). The summed E-state index contributed by atoms with van der Waals surface area (Å²) in [7, 11) is -3.96. The molecular weight excluding hydrogens is 446 g/mol. The molecule has 0 unspecified atom stereocenters. The molecule has 1 heterocycles. The van der Waals surface area contributed by atoms with Crippen LogP contribution in [0.15, 0.2) is 65.7 Å². The first-order valence-electron chi connectivity index (χ1n) is 10.8. The Bertz CT molecular complexity index is 1200. The van der Waals surface area contributed by atoms with Crippen LogP contribution in [0.25, 0.3) is 10.9 Å². The lowest BCUT2D eigenvalue weighted by atomic mass is 9.82. The number of nitrogens with zero attached hydrogens (tertiary/aromatic N) is 1. The van der Waals surface area contributed by atoms with Crippen LogP contribution in [0.5, 0.6) is 0 Å². The Morgan fingerprint density at radius 2 is 1.72 bits per heavy atom. The Hall–Kier alpha value is -2.48. The van der Waals surface area contributed by atoms with Crippen molar-refractivity contribution in [1.82, 2.24) is 15.0 Å². The predicted molar refractivity (Wildman–Crippen MR) is 126 cm³/mol. The van der Waals surface area contributed by atoms with Crippen molar-refractivity contribution in [3.05, 3.63) is 71.4 Å². The molecule has 6 nitrogen and oxygen atoms in total. The number of carbonyl (C=O) groups is 1. The SMILES string of the molecule is O=C(NCCc1ccc(Cl)cc1)C1(NS(=O)(=O)c2cccc3cccnc23)CCCCC1. The third-order valence-corrected chi connectivity index (χ3v) is 7.79. The first kappa shape index (κ1) is 22.7. The molecule has 8 heteroatoms. The second kappa shape index (κ2) is 9.57. The smallest absolute Gasteiger partial charge is 0.243 e. The molecule has 0 aliphatic heterocycles. The maximum Gasteiger partial charge on any atom is 0.243 e. The van der Waals surface area contributed by atoms with Crippen molar-refractivity contribution < 1.29 is 13.2 Å². The number of fused-ring (bicyclic) bond motifs is 1. The lowest BCUT2D eigenvalue weighted by Gasteiger charge is -2.36. The molecule has 2 aromatic carbocycles. The predicted octanol–water partition coefficient (Wildman–Crippen LogP) is 4.23. The van der Waals surface area contributed by atoms with E-state index in [4.69, 9.17) is 11.6 Å². The third-order valence-electron chi connectivity index (χ3n) is 5.97. The largest absolute Gasteiger partial charge is 0.354 e. The number of pyridine rings is 1. The highest BCUT2D eigenvalue weighted by Crippen LogP contribution is 2.31. The summed E-state index contributed by atoms with van der Waals surface area (Å²) in [4.78, 5) is 17.6. The first-order valence-corrected chi connectivity index (χ1v) is 12.7. The summed E-state index contributed by atoms with van der Waals surface area (Å²) >= 11 is 5.93. The number of nitrogens with one attached hydrogen (secondary N) is 2. The van der Waals surface area contributed by atoms with Crippen molar-refractivity contribution in [3.8, 4) is 0 Å². The van der Waals surface area contributed by atoms with E-state index in [0.717, 1.165) is 30.2 Å². The molecule has 1 fully saturated rings. The summed E-state index contributed by atoms with van der Waals surface area (Å²) < 4.78 is 29.6. The van der Waals surface area contributed by atoms with Crippen LogP contribution < -0.4 is 10.0 Å². The van der Waals surface area contributed by atoms with Gasteiger partial charge >= 0.3 is 0 Å². The molecule has 1 amide bonds. The molecule has 1 aromatic heterocycles. The summed E-state index contributed by atoms with van der Waals surface area (Å²) in [5.74, 6) is -0.275. The Balaban J connectivity index is 1.54. The second-order valence-corrected chi connectivity index (χ2v) is 10.3. The molecule has 3 aromatic rings.